The molecule has 1 aliphatic heterocycles. The molecule has 2 fully saturated rings. The molecule has 26 heavy (non-hydrogen) atoms. The van der Waals surface area contributed by atoms with Crippen LogP contribution in [0.4, 0.5) is 0 Å². The molecule has 0 unspecified atom stereocenters. The molecule has 2 N–H and O–H groups in total. The van der Waals surface area contributed by atoms with Gasteiger partial charge in [0.2, 0.25) is 10.0 Å². The predicted octanol–water partition coefficient (Wildman–Crippen LogP) is 1.40. The Hall–Kier alpha value is -1.95. The number of carbonyl (C=O) groups excluding carboxylic acids is 1. The third-order valence-electron chi connectivity index (χ3n) is 5.12. The summed E-state index contributed by atoms with van der Waals surface area (Å²) in [6.07, 6.45) is 3.52. The average Bonchev–Trinajstić information content (AvgIpc) is 3.11. The first-order valence-electron chi connectivity index (χ1n) is 8.88. The number of piperidine rings is 1. The van der Waals surface area contributed by atoms with Crippen molar-refractivity contribution in [1.29, 1.82) is 5.26 Å². The summed E-state index contributed by atoms with van der Waals surface area (Å²) in [6.45, 7) is 0.420. The minimum atomic E-state index is -3.77. The molecule has 0 spiro atoms. The first-order valence-corrected chi connectivity index (χ1v) is 10.3. The van der Waals surface area contributed by atoms with Crippen molar-refractivity contribution in [3.05, 3.63) is 29.8 Å². The van der Waals surface area contributed by atoms with Gasteiger partial charge in [-0.05, 0) is 56.7 Å². The molecule has 140 valence electrons. The van der Waals surface area contributed by atoms with E-state index >= 15 is 0 Å². The number of benzene rings is 1. The summed E-state index contributed by atoms with van der Waals surface area (Å²) in [7, 11) is -3.77. The lowest BCUT2D eigenvalue weighted by atomic mass is 9.99. The SMILES string of the molecule is N#CC1(NC(=O)c2cccc(S(=O)(=O)N3CCC[C@H](O)C3)c2)CCCC1. The number of carbonyl (C=O) groups is 1. The van der Waals surface area contributed by atoms with Crippen molar-refractivity contribution in [3.8, 4) is 6.07 Å². The molecule has 3 rings (SSSR count). The normalized spacial score (nSPS) is 23.3. The molecule has 7 nitrogen and oxygen atoms in total. The molecule has 1 heterocycles. The van der Waals surface area contributed by atoms with Crippen molar-refractivity contribution >= 4 is 15.9 Å². The van der Waals surface area contributed by atoms with Crippen molar-refractivity contribution < 1.29 is 18.3 Å². The molecule has 1 aliphatic carbocycles. The standard InChI is InChI=1S/C18H23N3O4S/c19-13-18(8-1-2-9-18)20-17(23)14-5-3-7-16(11-14)26(24,25)21-10-4-6-15(22)12-21/h3,5,7,11,15,22H,1-2,4,6,8-10,12H2,(H,20,23)/t15-/m0/s1. The van der Waals surface area contributed by atoms with Crippen LogP contribution in [0, 0.1) is 11.3 Å². The van der Waals surface area contributed by atoms with E-state index in [0.717, 1.165) is 12.8 Å². The van der Waals surface area contributed by atoms with Gasteiger partial charge < -0.3 is 10.4 Å². The number of nitrogens with one attached hydrogen (secondary N) is 1. The number of rotatable bonds is 4. The highest BCUT2D eigenvalue weighted by Crippen LogP contribution is 2.29. The highest BCUT2D eigenvalue weighted by molar-refractivity contribution is 7.89. The highest BCUT2D eigenvalue weighted by Gasteiger charge is 2.36. The molecular formula is C18H23N3O4S. The second kappa shape index (κ2) is 7.35. The largest absolute Gasteiger partial charge is 0.392 e. The van der Waals surface area contributed by atoms with E-state index in [0.29, 0.717) is 32.2 Å². The van der Waals surface area contributed by atoms with Crippen LogP contribution in [-0.4, -0.2) is 48.5 Å². The monoisotopic (exact) mass is 377 g/mol. The van der Waals surface area contributed by atoms with Crippen LogP contribution in [0.1, 0.15) is 48.9 Å². The lowest BCUT2D eigenvalue weighted by Crippen LogP contribution is -2.45. The van der Waals surface area contributed by atoms with E-state index in [1.165, 1.54) is 22.5 Å². The number of aliphatic hydroxyl groups excluding tert-OH is 1. The highest BCUT2D eigenvalue weighted by atomic mass is 32.2. The zero-order valence-electron chi connectivity index (χ0n) is 14.5. The van der Waals surface area contributed by atoms with Gasteiger partial charge in [-0.25, -0.2) is 8.42 Å². The number of β-amino-alcohol motifs (C(OH)–C–C–N with tert-alkyl or cyclic N) is 1. The first-order chi connectivity index (χ1) is 12.4. The fourth-order valence-electron chi connectivity index (χ4n) is 3.62. The van der Waals surface area contributed by atoms with Gasteiger partial charge in [-0.2, -0.15) is 9.57 Å². The maximum atomic E-state index is 12.8. The Morgan fingerprint density at radius 2 is 2.04 bits per heavy atom. The Morgan fingerprint density at radius 1 is 1.31 bits per heavy atom. The smallest absolute Gasteiger partial charge is 0.252 e. The van der Waals surface area contributed by atoms with Crippen LogP contribution < -0.4 is 5.32 Å². The number of sulfonamides is 1. The van der Waals surface area contributed by atoms with Crippen LogP contribution in [0.15, 0.2) is 29.2 Å². The van der Waals surface area contributed by atoms with Crippen molar-refractivity contribution in [2.45, 2.75) is 55.1 Å². The zero-order valence-corrected chi connectivity index (χ0v) is 15.3. The quantitative estimate of drug-likeness (QED) is 0.824. The van der Waals surface area contributed by atoms with Crippen molar-refractivity contribution in [3.63, 3.8) is 0 Å². The van der Waals surface area contributed by atoms with Crippen molar-refractivity contribution in [2.24, 2.45) is 0 Å². The molecule has 8 heteroatoms. The lowest BCUT2D eigenvalue weighted by molar-refractivity contribution is 0.0920. The molecule has 2 aliphatic rings. The maximum Gasteiger partial charge on any atom is 0.252 e. The van der Waals surface area contributed by atoms with Crippen LogP contribution >= 0.6 is 0 Å². The third kappa shape index (κ3) is 3.75. The summed E-state index contributed by atoms with van der Waals surface area (Å²) in [4.78, 5) is 12.6. The molecular weight excluding hydrogens is 354 g/mol. The molecule has 1 aromatic rings. The predicted molar refractivity (Wildman–Crippen MR) is 94.7 cm³/mol. The summed E-state index contributed by atoms with van der Waals surface area (Å²) in [5.74, 6) is -0.441. The molecule has 0 bridgehead atoms. The number of nitriles is 1. The van der Waals surface area contributed by atoms with Gasteiger partial charge in [0, 0.05) is 18.7 Å². The van der Waals surface area contributed by atoms with Gasteiger partial charge in [-0.1, -0.05) is 6.07 Å². The van der Waals surface area contributed by atoms with Gasteiger partial charge in [0.15, 0.2) is 0 Å². The van der Waals surface area contributed by atoms with Gasteiger partial charge in [0.05, 0.1) is 17.1 Å². The minimum absolute atomic E-state index is 0.0247. The molecule has 1 atom stereocenters. The Balaban J connectivity index is 1.81. The first kappa shape index (κ1) is 18.8. The van der Waals surface area contributed by atoms with Crippen LogP contribution in [0.3, 0.4) is 0 Å². The molecule has 0 aromatic heterocycles. The summed E-state index contributed by atoms with van der Waals surface area (Å²) in [5.41, 5.74) is -0.645. The van der Waals surface area contributed by atoms with Gasteiger partial charge in [0.25, 0.3) is 5.91 Å². The van der Waals surface area contributed by atoms with E-state index in [2.05, 4.69) is 11.4 Å². The van der Waals surface area contributed by atoms with Crippen molar-refractivity contribution in [1.82, 2.24) is 9.62 Å². The van der Waals surface area contributed by atoms with Crippen molar-refractivity contribution in [2.75, 3.05) is 13.1 Å². The van der Waals surface area contributed by atoms with E-state index in [1.54, 1.807) is 6.07 Å². The maximum absolute atomic E-state index is 12.8. The fourth-order valence-corrected chi connectivity index (χ4v) is 5.18. The van der Waals surface area contributed by atoms with Crippen LogP contribution in [-0.2, 0) is 10.0 Å². The van der Waals surface area contributed by atoms with Gasteiger partial charge >= 0.3 is 0 Å². The van der Waals surface area contributed by atoms with Crippen LogP contribution in [0.5, 0.6) is 0 Å². The number of nitrogens with zero attached hydrogens (tertiary/aromatic N) is 2. The second-order valence-corrected chi connectivity index (χ2v) is 8.98. The topological polar surface area (TPSA) is 110 Å². The number of hydrogen-bond donors (Lipinski definition) is 2. The van der Waals surface area contributed by atoms with Gasteiger partial charge in [-0.3, -0.25) is 4.79 Å². The fraction of sp³-hybridized carbons (Fsp3) is 0.556. The molecule has 1 amide bonds. The molecule has 0 radical (unpaired) electrons. The molecule has 1 saturated heterocycles. The summed E-state index contributed by atoms with van der Waals surface area (Å²) < 4.78 is 26.9. The zero-order chi connectivity index (χ0) is 18.8. The van der Waals surface area contributed by atoms with E-state index in [-0.39, 0.29) is 17.0 Å². The van der Waals surface area contributed by atoms with Crippen LogP contribution in [0.2, 0.25) is 0 Å². The summed E-state index contributed by atoms with van der Waals surface area (Å²) in [5, 5.41) is 21.9. The van der Waals surface area contributed by atoms with Gasteiger partial charge in [0.1, 0.15) is 5.54 Å². The number of aliphatic hydroxyl groups is 1. The average molecular weight is 377 g/mol. The van der Waals surface area contributed by atoms with E-state index in [4.69, 9.17) is 0 Å². The minimum Gasteiger partial charge on any atom is -0.392 e. The Kier molecular flexibility index (Phi) is 5.32. The summed E-state index contributed by atoms with van der Waals surface area (Å²) in [6, 6.07) is 8.04. The molecule has 1 saturated carbocycles. The third-order valence-corrected chi connectivity index (χ3v) is 6.98. The van der Waals surface area contributed by atoms with E-state index in [9.17, 15) is 23.6 Å². The summed E-state index contributed by atoms with van der Waals surface area (Å²) >= 11 is 0. The van der Waals surface area contributed by atoms with E-state index < -0.39 is 27.6 Å². The Morgan fingerprint density at radius 3 is 2.69 bits per heavy atom. The van der Waals surface area contributed by atoms with E-state index in [1.807, 2.05) is 0 Å². The number of amides is 1. The Labute approximate surface area is 153 Å². The Bertz CT molecular complexity index is 825. The second-order valence-electron chi connectivity index (χ2n) is 7.04. The molecule has 1 aromatic carbocycles. The lowest BCUT2D eigenvalue weighted by Gasteiger charge is -2.29. The number of hydrogen-bond acceptors (Lipinski definition) is 5. The van der Waals surface area contributed by atoms with Gasteiger partial charge in [-0.15, -0.1) is 0 Å². The van der Waals surface area contributed by atoms with Crippen LogP contribution in [0.25, 0.3) is 0 Å².